The van der Waals surface area contributed by atoms with E-state index < -0.39 is 75.7 Å². The molecule has 2 aromatic rings. The molecular formula is C15H4F10. The zero-order valence-electron chi connectivity index (χ0n) is 11.6. The van der Waals surface area contributed by atoms with Crippen molar-refractivity contribution in [2.45, 2.75) is 6.42 Å². The normalized spacial score (nSPS) is 11.6. The molecule has 2 aromatic carbocycles. The highest BCUT2D eigenvalue weighted by Crippen LogP contribution is 2.26. The Labute approximate surface area is 133 Å². The summed E-state index contributed by atoms with van der Waals surface area (Å²) in [6, 6.07) is 0. The third-order valence-electron chi connectivity index (χ3n) is 3.15. The van der Waals surface area contributed by atoms with Gasteiger partial charge in [-0.25, -0.2) is 43.9 Å². The highest BCUT2D eigenvalue weighted by atomic mass is 19.2. The van der Waals surface area contributed by atoms with Gasteiger partial charge in [-0.1, -0.05) is 12.2 Å². The van der Waals surface area contributed by atoms with Crippen LogP contribution in [0.4, 0.5) is 43.9 Å². The standard InChI is InChI=1S/C15H4F10/c16-6-4(7(17)11(21)14(24)10(6)20)2-1-3-5-8(18)12(22)15(25)13(23)9(5)19/h1-2H,3H2/b2-1+. The van der Waals surface area contributed by atoms with E-state index in [-0.39, 0.29) is 6.08 Å². The van der Waals surface area contributed by atoms with Gasteiger partial charge < -0.3 is 0 Å². The Morgan fingerprint density at radius 1 is 0.440 bits per heavy atom. The number of rotatable bonds is 3. The number of hydrogen-bond donors (Lipinski definition) is 0. The largest absolute Gasteiger partial charge is 0.203 e. The molecule has 0 bridgehead atoms. The predicted octanol–water partition coefficient (Wildman–Crippen LogP) is 5.33. The molecule has 0 saturated heterocycles. The van der Waals surface area contributed by atoms with E-state index in [1.807, 2.05) is 0 Å². The van der Waals surface area contributed by atoms with Gasteiger partial charge in [-0.3, -0.25) is 0 Å². The van der Waals surface area contributed by atoms with E-state index in [0.717, 1.165) is 0 Å². The zero-order valence-corrected chi connectivity index (χ0v) is 11.6. The van der Waals surface area contributed by atoms with Crippen LogP contribution in [-0.4, -0.2) is 0 Å². The topological polar surface area (TPSA) is 0 Å². The van der Waals surface area contributed by atoms with E-state index in [4.69, 9.17) is 0 Å². The lowest BCUT2D eigenvalue weighted by Gasteiger charge is -2.06. The zero-order chi connectivity index (χ0) is 19.0. The predicted molar refractivity (Wildman–Crippen MR) is 65.2 cm³/mol. The van der Waals surface area contributed by atoms with Crippen LogP contribution >= 0.6 is 0 Å². The summed E-state index contributed by atoms with van der Waals surface area (Å²) in [7, 11) is 0. The van der Waals surface area contributed by atoms with Gasteiger partial charge in [0.2, 0.25) is 11.6 Å². The van der Waals surface area contributed by atoms with E-state index in [1.165, 1.54) is 0 Å². The third kappa shape index (κ3) is 3.08. The monoisotopic (exact) mass is 374 g/mol. The summed E-state index contributed by atoms with van der Waals surface area (Å²) in [6.45, 7) is 0. The summed E-state index contributed by atoms with van der Waals surface area (Å²) in [5, 5.41) is 0. The van der Waals surface area contributed by atoms with Crippen molar-refractivity contribution >= 4 is 6.08 Å². The van der Waals surface area contributed by atoms with Gasteiger partial charge in [0.05, 0.1) is 5.56 Å². The van der Waals surface area contributed by atoms with Crippen molar-refractivity contribution in [2.24, 2.45) is 0 Å². The van der Waals surface area contributed by atoms with Crippen molar-refractivity contribution in [1.29, 1.82) is 0 Å². The molecule has 0 nitrogen and oxygen atoms in total. The molecule has 0 aliphatic heterocycles. The van der Waals surface area contributed by atoms with Crippen LogP contribution in [-0.2, 0) is 6.42 Å². The number of benzene rings is 2. The van der Waals surface area contributed by atoms with Crippen molar-refractivity contribution in [3.63, 3.8) is 0 Å². The van der Waals surface area contributed by atoms with Crippen molar-refractivity contribution < 1.29 is 43.9 Å². The van der Waals surface area contributed by atoms with Crippen molar-refractivity contribution in [3.8, 4) is 0 Å². The first kappa shape index (κ1) is 18.8. The van der Waals surface area contributed by atoms with Crippen LogP contribution in [0.1, 0.15) is 11.1 Å². The Morgan fingerprint density at radius 2 is 0.760 bits per heavy atom. The lowest BCUT2D eigenvalue weighted by atomic mass is 10.1. The average Bonchev–Trinajstić information content (AvgIpc) is 2.60. The van der Waals surface area contributed by atoms with Crippen LogP contribution in [0.15, 0.2) is 6.08 Å². The molecule has 25 heavy (non-hydrogen) atoms. The first-order valence-corrected chi connectivity index (χ1v) is 6.27. The maximum absolute atomic E-state index is 13.4. The first-order valence-electron chi connectivity index (χ1n) is 6.27. The Kier molecular flexibility index (Phi) is 5.09. The summed E-state index contributed by atoms with van der Waals surface area (Å²) in [6.07, 6.45) is -0.309. The van der Waals surface area contributed by atoms with Gasteiger partial charge in [0.15, 0.2) is 46.5 Å². The van der Waals surface area contributed by atoms with Crippen molar-refractivity contribution in [1.82, 2.24) is 0 Å². The summed E-state index contributed by atoms with van der Waals surface area (Å²) < 4.78 is 131. The Bertz CT molecular complexity index is 827. The first-order chi connectivity index (χ1) is 11.6. The molecule has 0 heterocycles. The van der Waals surface area contributed by atoms with E-state index in [1.54, 1.807) is 0 Å². The molecule has 2 rings (SSSR count). The molecule has 134 valence electrons. The molecule has 0 unspecified atom stereocenters. The van der Waals surface area contributed by atoms with Crippen molar-refractivity contribution in [2.75, 3.05) is 0 Å². The fourth-order valence-electron chi connectivity index (χ4n) is 1.89. The molecular weight excluding hydrogens is 370 g/mol. The van der Waals surface area contributed by atoms with Gasteiger partial charge in [-0.05, 0) is 6.42 Å². The molecule has 0 aliphatic rings. The molecule has 0 aliphatic carbocycles. The highest BCUT2D eigenvalue weighted by molar-refractivity contribution is 5.52. The Hall–Kier alpha value is -2.52. The van der Waals surface area contributed by atoms with Crippen LogP contribution in [0, 0.1) is 58.2 Å². The molecule has 0 N–H and O–H groups in total. The Morgan fingerprint density at radius 3 is 1.16 bits per heavy atom. The maximum Gasteiger partial charge on any atom is 0.200 e. The average molecular weight is 374 g/mol. The quantitative estimate of drug-likeness (QED) is 0.387. The van der Waals surface area contributed by atoms with Gasteiger partial charge in [0, 0.05) is 5.56 Å². The smallest absolute Gasteiger partial charge is 0.200 e. The van der Waals surface area contributed by atoms with Gasteiger partial charge in [-0.2, -0.15) is 0 Å². The Balaban J connectivity index is 2.45. The van der Waals surface area contributed by atoms with Crippen LogP contribution in [0.3, 0.4) is 0 Å². The molecule has 0 amide bonds. The summed E-state index contributed by atoms with van der Waals surface area (Å²) in [4.78, 5) is 0. The van der Waals surface area contributed by atoms with Gasteiger partial charge in [0.1, 0.15) is 0 Å². The molecule has 10 heteroatoms. The minimum absolute atomic E-state index is 0.272. The van der Waals surface area contributed by atoms with E-state index >= 15 is 0 Å². The van der Waals surface area contributed by atoms with E-state index in [2.05, 4.69) is 0 Å². The molecule has 0 radical (unpaired) electrons. The molecule has 0 fully saturated rings. The maximum atomic E-state index is 13.4. The lowest BCUT2D eigenvalue weighted by Crippen LogP contribution is -2.06. The van der Waals surface area contributed by atoms with Crippen LogP contribution in [0.25, 0.3) is 6.08 Å². The second-order valence-electron chi connectivity index (χ2n) is 4.64. The fourth-order valence-corrected chi connectivity index (χ4v) is 1.89. The minimum atomic E-state index is -2.41. The molecule has 0 atom stereocenters. The van der Waals surface area contributed by atoms with E-state index in [9.17, 15) is 43.9 Å². The summed E-state index contributed by atoms with van der Waals surface area (Å²) in [5.74, 6) is -22.6. The van der Waals surface area contributed by atoms with Gasteiger partial charge in [-0.15, -0.1) is 0 Å². The number of hydrogen-bond acceptors (Lipinski definition) is 0. The summed E-state index contributed by atoms with van der Waals surface area (Å²) in [5.41, 5.74) is -2.77. The summed E-state index contributed by atoms with van der Waals surface area (Å²) >= 11 is 0. The third-order valence-corrected chi connectivity index (χ3v) is 3.15. The highest BCUT2D eigenvalue weighted by Gasteiger charge is 2.26. The molecule has 0 saturated carbocycles. The molecule has 0 spiro atoms. The number of halogens is 10. The van der Waals surface area contributed by atoms with Crippen LogP contribution in [0.2, 0.25) is 0 Å². The minimum Gasteiger partial charge on any atom is -0.203 e. The number of allylic oxidation sites excluding steroid dienone is 1. The van der Waals surface area contributed by atoms with Crippen molar-refractivity contribution in [3.05, 3.63) is 75.4 Å². The van der Waals surface area contributed by atoms with E-state index in [0.29, 0.717) is 6.08 Å². The van der Waals surface area contributed by atoms with Crippen LogP contribution in [0.5, 0.6) is 0 Å². The van der Waals surface area contributed by atoms with Crippen LogP contribution < -0.4 is 0 Å². The lowest BCUT2D eigenvalue weighted by molar-refractivity contribution is 0.371. The SMILES string of the molecule is Fc1c(F)c(F)c(/C=C/Cc2c(F)c(F)c(F)c(F)c2F)c(F)c1F. The molecule has 0 aromatic heterocycles. The van der Waals surface area contributed by atoms with Gasteiger partial charge in [0.25, 0.3) is 0 Å². The fraction of sp³-hybridized carbons (Fsp3) is 0.0667. The second kappa shape index (κ2) is 6.77. The van der Waals surface area contributed by atoms with Gasteiger partial charge >= 0.3 is 0 Å². The second-order valence-corrected chi connectivity index (χ2v) is 4.64.